The molecule has 0 spiro atoms. The summed E-state index contributed by atoms with van der Waals surface area (Å²) in [5, 5.41) is 11.4. The van der Waals surface area contributed by atoms with Crippen molar-refractivity contribution in [3.05, 3.63) is 47.0 Å². The molecule has 17 heavy (non-hydrogen) atoms. The number of phenolic OH excluding ortho intramolecular Hbond substituents is 1. The molecule has 0 saturated carbocycles. The minimum absolute atomic E-state index is 0.465. The zero-order chi connectivity index (χ0) is 12.6. The summed E-state index contributed by atoms with van der Waals surface area (Å²) >= 11 is 0. The zero-order valence-corrected chi connectivity index (χ0v) is 12.8. The number of phenols is 1. The highest BCUT2D eigenvalue weighted by atomic mass is 28.1. The van der Waals surface area contributed by atoms with Crippen molar-refractivity contribution in [1.29, 1.82) is 0 Å². The monoisotopic (exact) mass is 242 g/mol. The van der Waals surface area contributed by atoms with Crippen molar-refractivity contribution in [2.45, 2.75) is 20.8 Å². The van der Waals surface area contributed by atoms with Gasteiger partial charge in [-0.2, -0.15) is 0 Å². The van der Waals surface area contributed by atoms with Crippen LogP contribution < -0.4 is 5.19 Å². The molecular weight excluding hydrogens is 224 g/mol. The summed E-state index contributed by atoms with van der Waals surface area (Å²) < 4.78 is 0. The fourth-order valence-corrected chi connectivity index (χ4v) is 3.23. The van der Waals surface area contributed by atoms with Crippen molar-refractivity contribution in [2.24, 2.45) is 0 Å². The maximum absolute atomic E-state index is 10.1. The molecule has 0 aliphatic rings. The van der Waals surface area contributed by atoms with Crippen LogP contribution in [0.1, 0.15) is 16.7 Å². The summed E-state index contributed by atoms with van der Waals surface area (Å²) in [6.45, 7) is 6.10. The Morgan fingerprint density at radius 2 is 1.47 bits per heavy atom. The summed E-state index contributed by atoms with van der Waals surface area (Å²) in [6, 6.07) is 10.4. The summed E-state index contributed by atoms with van der Waals surface area (Å²) in [7, 11) is 0.948. The molecule has 2 heteroatoms. The Balaban J connectivity index is 2.80. The first-order valence-corrected chi connectivity index (χ1v) is 6.88. The average Bonchev–Trinajstić information content (AvgIpc) is 2.36. The van der Waals surface area contributed by atoms with Gasteiger partial charge in [-0.3, -0.25) is 0 Å². The molecule has 0 aromatic heterocycles. The van der Waals surface area contributed by atoms with E-state index in [-0.39, 0.29) is 0 Å². The molecule has 2 rings (SSSR count). The van der Waals surface area contributed by atoms with Crippen molar-refractivity contribution in [1.82, 2.24) is 0 Å². The molecule has 0 heterocycles. The number of aromatic hydroxyl groups is 1. The molecule has 88 valence electrons. The maximum Gasteiger partial charge on any atom is 0.121 e. The van der Waals surface area contributed by atoms with E-state index in [2.05, 4.69) is 31.2 Å². The number of rotatable bonds is 1. The van der Waals surface area contributed by atoms with E-state index in [1.54, 1.807) is 0 Å². The summed E-state index contributed by atoms with van der Waals surface area (Å²) in [6.07, 6.45) is 0. The Labute approximate surface area is 106 Å². The Bertz CT molecular complexity index is 530. The molecule has 0 unspecified atom stereocenters. The van der Waals surface area contributed by atoms with Gasteiger partial charge in [-0.15, -0.1) is 0 Å². The van der Waals surface area contributed by atoms with Gasteiger partial charge in [0.25, 0.3) is 0 Å². The second-order valence-corrected chi connectivity index (χ2v) is 5.59. The smallest absolute Gasteiger partial charge is 0.121 e. The van der Waals surface area contributed by atoms with Gasteiger partial charge in [0.2, 0.25) is 0 Å². The normalized spacial score (nSPS) is 10.8. The van der Waals surface area contributed by atoms with Crippen molar-refractivity contribution in [3.8, 4) is 16.9 Å². The van der Waals surface area contributed by atoms with E-state index in [0.29, 0.717) is 5.75 Å². The van der Waals surface area contributed by atoms with Crippen LogP contribution in [0, 0.1) is 20.8 Å². The largest absolute Gasteiger partial charge is 0.507 e. The van der Waals surface area contributed by atoms with Gasteiger partial charge in [0.05, 0.1) is 0 Å². The Kier molecular flexibility index (Phi) is 3.07. The van der Waals surface area contributed by atoms with Crippen LogP contribution in [0.4, 0.5) is 0 Å². The molecule has 0 aliphatic heterocycles. The lowest BCUT2D eigenvalue weighted by Gasteiger charge is -2.17. The minimum Gasteiger partial charge on any atom is -0.507 e. The topological polar surface area (TPSA) is 20.2 Å². The summed E-state index contributed by atoms with van der Waals surface area (Å²) in [5.74, 6) is 0.465. The molecule has 2 aromatic rings. The standard InChI is InChI=1S/C15H18OSi/c1-9-10(2)14(16)11(3)15(17)13(9)12-7-5-4-6-8-12/h4-8,16H,1-3,17H3. The van der Waals surface area contributed by atoms with Crippen molar-refractivity contribution >= 4 is 15.4 Å². The quantitative estimate of drug-likeness (QED) is 0.758. The fourth-order valence-electron chi connectivity index (χ4n) is 2.33. The van der Waals surface area contributed by atoms with Crippen LogP contribution in [0.15, 0.2) is 30.3 Å². The Morgan fingerprint density at radius 3 is 2.06 bits per heavy atom. The SMILES string of the molecule is Cc1c(C)c(-c2ccccc2)c([SiH3])c(C)c1O. The molecule has 0 atom stereocenters. The third kappa shape index (κ3) is 1.89. The van der Waals surface area contributed by atoms with Crippen molar-refractivity contribution < 1.29 is 5.11 Å². The van der Waals surface area contributed by atoms with E-state index in [4.69, 9.17) is 0 Å². The van der Waals surface area contributed by atoms with Gasteiger partial charge >= 0.3 is 0 Å². The Hall–Kier alpha value is -1.54. The van der Waals surface area contributed by atoms with Crippen LogP contribution >= 0.6 is 0 Å². The molecule has 0 bridgehead atoms. The van der Waals surface area contributed by atoms with Crippen LogP contribution in [0.5, 0.6) is 5.75 Å². The lowest BCUT2D eigenvalue weighted by molar-refractivity contribution is 0.467. The molecule has 1 nitrogen and oxygen atoms in total. The van der Waals surface area contributed by atoms with Gasteiger partial charge in [-0.05, 0) is 48.6 Å². The van der Waals surface area contributed by atoms with Crippen LogP contribution in [-0.2, 0) is 0 Å². The molecule has 0 amide bonds. The molecular formula is C15H18OSi. The highest BCUT2D eigenvalue weighted by molar-refractivity contribution is 6.37. The Morgan fingerprint density at radius 1 is 0.882 bits per heavy atom. The molecule has 0 aliphatic carbocycles. The van der Waals surface area contributed by atoms with Crippen LogP contribution in [0.2, 0.25) is 0 Å². The van der Waals surface area contributed by atoms with E-state index >= 15 is 0 Å². The average molecular weight is 242 g/mol. The second kappa shape index (κ2) is 4.38. The van der Waals surface area contributed by atoms with E-state index in [1.807, 2.05) is 19.9 Å². The summed E-state index contributed by atoms with van der Waals surface area (Å²) in [4.78, 5) is 0. The predicted octanol–water partition coefficient (Wildman–Crippen LogP) is 1.98. The van der Waals surface area contributed by atoms with E-state index in [1.165, 1.54) is 21.9 Å². The summed E-state index contributed by atoms with van der Waals surface area (Å²) in [5.41, 5.74) is 5.80. The third-order valence-corrected chi connectivity index (χ3v) is 4.90. The van der Waals surface area contributed by atoms with Gasteiger partial charge in [0.15, 0.2) is 0 Å². The lowest BCUT2D eigenvalue weighted by atomic mass is 9.93. The maximum atomic E-state index is 10.1. The van der Waals surface area contributed by atoms with Crippen molar-refractivity contribution in [2.75, 3.05) is 0 Å². The van der Waals surface area contributed by atoms with Gasteiger partial charge < -0.3 is 5.11 Å². The first-order valence-electron chi connectivity index (χ1n) is 5.88. The predicted molar refractivity (Wildman–Crippen MR) is 77.3 cm³/mol. The van der Waals surface area contributed by atoms with Gasteiger partial charge in [0, 0.05) is 10.2 Å². The first-order chi connectivity index (χ1) is 8.04. The molecule has 0 fully saturated rings. The number of hydrogen-bond acceptors (Lipinski definition) is 1. The van der Waals surface area contributed by atoms with Crippen molar-refractivity contribution in [3.63, 3.8) is 0 Å². The zero-order valence-electron chi connectivity index (χ0n) is 10.8. The van der Waals surface area contributed by atoms with Gasteiger partial charge in [0.1, 0.15) is 5.75 Å². The van der Waals surface area contributed by atoms with Gasteiger partial charge in [-0.1, -0.05) is 35.5 Å². The van der Waals surface area contributed by atoms with E-state index in [0.717, 1.165) is 21.4 Å². The first kappa shape index (κ1) is 11.9. The van der Waals surface area contributed by atoms with Crippen LogP contribution in [0.3, 0.4) is 0 Å². The number of hydrogen-bond donors (Lipinski definition) is 1. The molecule has 0 radical (unpaired) electrons. The molecule has 1 N–H and O–H groups in total. The van der Waals surface area contributed by atoms with E-state index < -0.39 is 0 Å². The van der Waals surface area contributed by atoms with Crippen LogP contribution in [-0.4, -0.2) is 15.3 Å². The highest BCUT2D eigenvalue weighted by Crippen LogP contribution is 2.31. The fraction of sp³-hybridized carbons (Fsp3) is 0.200. The lowest BCUT2D eigenvalue weighted by Crippen LogP contribution is -2.14. The van der Waals surface area contributed by atoms with Crippen LogP contribution in [0.25, 0.3) is 11.1 Å². The highest BCUT2D eigenvalue weighted by Gasteiger charge is 2.14. The molecule has 2 aromatic carbocycles. The molecule has 0 saturated heterocycles. The second-order valence-electron chi connectivity index (χ2n) is 4.59. The third-order valence-electron chi connectivity index (χ3n) is 3.65. The van der Waals surface area contributed by atoms with E-state index in [9.17, 15) is 5.11 Å². The number of benzene rings is 2. The minimum atomic E-state index is 0.465. The van der Waals surface area contributed by atoms with Gasteiger partial charge in [-0.25, -0.2) is 0 Å².